The van der Waals surface area contributed by atoms with Crippen LogP contribution in [0.1, 0.15) is 27.4 Å². The highest BCUT2D eigenvalue weighted by Gasteiger charge is 2.41. The Labute approximate surface area is 213 Å². The van der Waals surface area contributed by atoms with Crippen LogP contribution in [-0.2, 0) is 0 Å². The Balaban J connectivity index is 1.64. The number of benzene rings is 2. The van der Waals surface area contributed by atoms with Gasteiger partial charge in [-0.3, -0.25) is 9.69 Å². The number of carbonyl (C=O) groups excluding carboxylic acids is 2. The third kappa shape index (κ3) is 4.88. The smallest absolute Gasteiger partial charge is 0.325 e. The molecular weight excluding hydrogens is 485 g/mol. The summed E-state index contributed by atoms with van der Waals surface area (Å²) in [5.41, 5.74) is 2.05. The number of amides is 3. The fourth-order valence-electron chi connectivity index (χ4n) is 4.41. The van der Waals surface area contributed by atoms with E-state index in [-0.39, 0.29) is 29.6 Å². The van der Waals surface area contributed by atoms with Crippen LogP contribution in [0.15, 0.2) is 66.4 Å². The molecule has 0 saturated carbocycles. The first kappa shape index (κ1) is 24.3. The van der Waals surface area contributed by atoms with E-state index in [1.165, 1.54) is 4.90 Å². The topological polar surface area (TPSA) is 91.4 Å². The van der Waals surface area contributed by atoms with Crippen molar-refractivity contribution in [3.63, 3.8) is 0 Å². The molecule has 7 nitrogen and oxygen atoms in total. The maximum atomic E-state index is 13.4. The van der Waals surface area contributed by atoms with Crippen LogP contribution >= 0.6 is 23.2 Å². The largest absolute Gasteiger partial charge is 0.336 e. The van der Waals surface area contributed by atoms with E-state index >= 15 is 0 Å². The molecule has 2 aromatic rings. The Kier molecular flexibility index (Phi) is 7.12. The Morgan fingerprint density at radius 2 is 1.77 bits per heavy atom. The molecular formula is C26H21Cl2N5O2. The zero-order chi connectivity index (χ0) is 25.1. The van der Waals surface area contributed by atoms with Crippen LogP contribution < -0.4 is 0 Å². The van der Waals surface area contributed by atoms with E-state index in [0.717, 1.165) is 5.56 Å². The molecule has 0 radical (unpaired) electrons. The lowest BCUT2D eigenvalue weighted by Gasteiger charge is -2.34. The number of likely N-dealkylation sites (N-methyl/N-ethyl adjacent to an activating group) is 1. The van der Waals surface area contributed by atoms with Crippen LogP contribution in [0.2, 0.25) is 10.0 Å². The van der Waals surface area contributed by atoms with Crippen LogP contribution in [0.4, 0.5) is 4.79 Å². The number of nitrogens with zero attached hydrogens (tertiary/aromatic N) is 5. The monoisotopic (exact) mass is 505 g/mol. The third-order valence-corrected chi connectivity index (χ3v) is 7.06. The molecule has 0 N–H and O–H groups in total. The average Bonchev–Trinajstić information content (AvgIpc) is 3.34. The molecule has 0 aliphatic carbocycles. The second-order valence-corrected chi connectivity index (χ2v) is 9.16. The fourth-order valence-corrected chi connectivity index (χ4v) is 4.72. The molecule has 35 heavy (non-hydrogen) atoms. The Hall–Kier alpha value is -3.78. The minimum absolute atomic E-state index is 0.193. The van der Waals surface area contributed by atoms with Gasteiger partial charge in [0.15, 0.2) is 0 Å². The van der Waals surface area contributed by atoms with Crippen molar-refractivity contribution in [2.45, 2.75) is 12.0 Å². The number of hydrogen-bond donors (Lipinski definition) is 0. The summed E-state index contributed by atoms with van der Waals surface area (Å²) in [6.45, 7) is 0.946. The number of rotatable bonds is 3. The molecule has 2 aliphatic heterocycles. The molecule has 0 unspecified atom stereocenters. The minimum Gasteiger partial charge on any atom is -0.336 e. The highest BCUT2D eigenvalue weighted by Crippen LogP contribution is 2.35. The molecule has 4 rings (SSSR count). The summed E-state index contributed by atoms with van der Waals surface area (Å²) in [6.07, 6.45) is 5.15. The van der Waals surface area contributed by atoms with E-state index in [1.807, 2.05) is 12.1 Å². The van der Waals surface area contributed by atoms with Gasteiger partial charge in [-0.25, -0.2) is 4.79 Å². The molecule has 9 heteroatoms. The van der Waals surface area contributed by atoms with E-state index in [2.05, 4.69) is 6.07 Å². The third-order valence-electron chi connectivity index (χ3n) is 6.32. The molecule has 2 aromatic carbocycles. The van der Waals surface area contributed by atoms with Crippen LogP contribution in [0.5, 0.6) is 0 Å². The number of allylic oxidation sites excluding steroid dienone is 3. The Bertz CT molecular complexity index is 1310. The van der Waals surface area contributed by atoms with Crippen LogP contribution in [0, 0.1) is 22.7 Å². The molecule has 1 fully saturated rings. The predicted octanol–water partition coefficient (Wildman–Crippen LogP) is 4.80. The van der Waals surface area contributed by atoms with Crippen LogP contribution in [0.3, 0.4) is 0 Å². The molecule has 2 aliphatic rings. The standard InChI is InChI=1S/C26H21Cl2N5O2/c1-31(26(35)33-11-3-2-4-20(33)14-30)24-16-32(25(34)18-7-5-17(13-29)6-8-18)15-21(24)19-9-10-22(27)23(28)12-19/h2-10,12,21,24H,11,15-16H2,1H3/t21-,24+/m0/s1. The first-order valence-corrected chi connectivity index (χ1v) is 11.6. The zero-order valence-electron chi connectivity index (χ0n) is 18.9. The quantitative estimate of drug-likeness (QED) is 0.598. The second kappa shape index (κ2) is 10.2. The van der Waals surface area contributed by atoms with Crippen molar-refractivity contribution in [1.29, 1.82) is 10.5 Å². The van der Waals surface area contributed by atoms with Gasteiger partial charge in [0.05, 0.1) is 27.7 Å². The first-order valence-electron chi connectivity index (χ1n) is 10.9. The van der Waals surface area contributed by atoms with Crippen LogP contribution in [0.25, 0.3) is 0 Å². The van der Waals surface area contributed by atoms with Gasteiger partial charge in [0.2, 0.25) is 0 Å². The molecule has 0 aromatic heterocycles. The lowest BCUT2D eigenvalue weighted by Crippen LogP contribution is -2.48. The van der Waals surface area contributed by atoms with Gasteiger partial charge in [0.1, 0.15) is 11.8 Å². The molecule has 2 atom stereocenters. The second-order valence-electron chi connectivity index (χ2n) is 8.34. The van der Waals surface area contributed by atoms with Gasteiger partial charge in [-0.05, 0) is 48.0 Å². The van der Waals surface area contributed by atoms with Gasteiger partial charge in [-0.1, -0.05) is 41.4 Å². The van der Waals surface area contributed by atoms with Crippen molar-refractivity contribution in [2.24, 2.45) is 0 Å². The summed E-state index contributed by atoms with van der Waals surface area (Å²) in [6, 6.07) is 15.2. The van der Waals surface area contributed by atoms with E-state index in [4.69, 9.17) is 28.5 Å². The van der Waals surface area contributed by atoms with E-state index in [1.54, 1.807) is 71.5 Å². The van der Waals surface area contributed by atoms with Crippen molar-refractivity contribution in [3.05, 3.63) is 93.1 Å². The number of nitriles is 2. The molecule has 2 heterocycles. The summed E-state index contributed by atoms with van der Waals surface area (Å²) in [4.78, 5) is 31.4. The normalized spacial score (nSPS) is 19.1. The maximum absolute atomic E-state index is 13.4. The minimum atomic E-state index is -0.368. The molecule has 176 valence electrons. The average molecular weight is 506 g/mol. The van der Waals surface area contributed by atoms with E-state index < -0.39 is 0 Å². The number of halogens is 2. The lowest BCUT2D eigenvalue weighted by atomic mass is 9.93. The summed E-state index contributed by atoms with van der Waals surface area (Å²) < 4.78 is 0. The summed E-state index contributed by atoms with van der Waals surface area (Å²) in [7, 11) is 1.68. The number of hydrogen-bond acceptors (Lipinski definition) is 4. The summed E-state index contributed by atoms with van der Waals surface area (Å²) in [5.74, 6) is -0.419. The lowest BCUT2D eigenvalue weighted by molar-refractivity contribution is 0.0780. The van der Waals surface area contributed by atoms with Crippen LogP contribution in [-0.4, -0.2) is 59.4 Å². The highest BCUT2D eigenvalue weighted by atomic mass is 35.5. The Morgan fingerprint density at radius 1 is 1.03 bits per heavy atom. The fraction of sp³-hybridized carbons (Fsp3) is 0.231. The molecule has 1 saturated heterocycles. The summed E-state index contributed by atoms with van der Waals surface area (Å²) >= 11 is 12.4. The summed E-state index contributed by atoms with van der Waals surface area (Å²) in [5, 5.41) is 19.3. The predicted molar refractivity (Wildman–Crippen MR) is 133 cm³/mol. The van der Waals surface area contributed by atoms with Crippen molar-refractivity contribution < 1.29 is 9.59 Å². The first-order chi connectivity index (χ1) is 16.8. The van der Waals surface area contributed by atoms with Crippen molar-refractivity contribution in [3.8, 4) is 12.1 Å². The van der Waals surface area contributed by atoms with Crippen molar-refractivity contribution >= 4 is 35.1 Å². The molecule has 3 amide bonds. The molecule has 0 bridgehead atoms. The number of urea groups is 1. The van der Waals surface area contributed by atoms with Gasteiger partial charge >= 0.3 is 6.03 Å². The van der Waals surface area contributed by atoms with Gasteiger partial charge in [-0.15, -0.1) is 0 Å². The van der Waals surface area contributed by atoms with Crippen molar-refractivity contribution in [2.75, 3.05) is 26.7 Å². The van der Waals surface area contributed by atoms with Gasteiger partial charge in [0, 0.05) is 38.2 Å². The SMILES string of the molecule is CN(C(=O)N1CC=CC=C1C#N)[C@@H]1CN(C(=O)c2ccc(C#N)cc2)C[C@H]1c1ccc(Cl)c(Cl)c1. The van der Waals surface area contributed by atoms with Gasteiger partial charge in [-0.2, -0.15) is 10.5 Å². The highest BCUT2D eigenvalue weighted by molar-refractivity contribution is 6.42. The van der Waals surface area contributed by atoms with Gasteiger partial charge in [0.25, 0.3) is 5.91 Å². The molecule has 0 spiro atoms. The number of carbonyl (C=O) groups is 2. The number of likely N-dealkylation sites (tertiary alicyclic amines) is 1. The zero-order valence-corrected chi connectivity index (χ0v) is 20.4. The maximum Gasteiger partial charge on any atom is 0.325 e. The van der Waals surface area contributed by atoms with E-state index in [9.17, 15) is 14.9 Å². The van der Waals surface area contributed by atoms with Crippen molar-refractivity contribution in [1.82, 2.24) is 14.7 Å². The Morgan fingerprint density at radius 3 is 2.43 bits per heavy atom. The van der Waals surface area contributed by atoms with E-state index in [0.29, 0.717) is 40.8 Å². The van der Waals surface area contributed by atoms with Gasteiger partial charge < -0.3 is 9.80 Å².